The molecular formula is C21H25NO4S. The fraction of sp³-hybridized carbons (Fsp3) is 0.429. The van der Waals surface area contributed by atoms with E-state index in [1.165, 1.54) is 5.56 Å². The predicted octanol–water partition coefficient (Wildman–Crippen LogP) is 3.04. The first-order valence-electron chi connectivity index (χ1n) is 9.48. The molecule has 0 amide bonds. The summed E-state index contributed by atoms with van der Waals surface area (Å²) in [6, 6.07) is 15.9. The second-order valence-electron chi connectivity index (χ2n) is 7.37. The smallest absolute Gasteiger partial charge is 0.211 e. The first-order chi connectivity index (χ1) is 13.1. The summed E-state index contributed by atoms with van der Waals surface area (Å²) in [7, 11) is -3.28. The van der Waals surface area contributed by atoms with Gasteiger partial charge in [-0.1, -0.05) is 36.4 Å². The van der Waals surface area contributed by atoms with E-state index >= 15 is 0 Å². The standard InChI is InChI=1S/C21H25NO4S/c23-27(24,14-4-7-17-5-2-1-3-6-17)22-16-21(10-11-21)18-8-9-19-20(15-18)26-13-12-25-19/h1-3,5-6,8-9,15,22H,4,7,10-14,16H2. The molecule has 1 fully saturated rings. The van der Waals surface area contributed by atoms with Gasteiger partial charge in [0.15, 0.2) is 11.5 Å². The van der Waals surface area contributed by atoms with Gasteiger partial charge in [-0.05, 0) is 48.9 Å². The molecule has 0 atom stereocenters. The molecule has 5 nitrogen and oxygen atoms in total. The molecular weight excluding hydrogens is 362 g/mol. The maximum Gasteiger partial charge on any atom is 0.211 e. The Hall–Kier alpha value is -2.05. The number of ether oxygens (including phenoxy) is 2. The van der Waals surface area contributed by atoms with E-state index in [0.717, 1.165) is 36.3 Å². The Bertz CT molecular complexity index is 892. The summed E-state index contributed by atoms with van der Waals surface area (Å²) in [5.41, 5.74) is 2.18. The van der Waals surface area contributed by atoms with Crippen molar-refractivity contribution in [2.75, 3.05) is 25.5 Å². The Morgan fingerprint density at radius 3 is 2.44 bits per heavy atom. The Morgan fingerprint density at radius 1 is 0.963 bits per heavy atom. The van der Waals surface area contributed by atoms with Gasteiger partial charge >= 0.3 is 0 Å². The van der Waals surface area contributed by atoms with Gasteiger partial charge in [0.2, 0.25) is 10.0 Å². The fourth-order valence-electron chi connectivity index (χ4n) is 3.52. The van der Waals surface area contributed by atoms with Crippen molar-refractivity contribution >= 4 is 10.0 Å². The van der Waals surface area contributed by atoms with Crippen LogP contribution in [-0.4, -0.2) is 33.9 Å². The van der Waals surface area contributed by atoms with Crippen LogP contribution >= 0.6 is 0 Å². The average molecular weight is 388 g/mol. The maximum absolute atomic E-state index is 12.4. The SMILES string of the molecule is O=S(=O)(CCCc1ccccc1)NCC1(c2ccc3c(c2)OCCO3)CC1. The summed E-state index contributed by atoms with van der Waals surface area (Å²) in [5.74, 6) is 1.68. The minimum atomic E-state index is -3.28. The highest BCUT2D eigenvalue weighted by atomic mass is 32.2. The van der Waals surface area contributed by atoms with Crippen molar-refractivity contribution < 1.29 is 17.9 Å². The molecule has 1 heterocycles. The first-order valence-corrected chi connectivity index (χ1v) is 11.1. The molecule has 1 aliphatic carbocycles. The normalized spacial score (nSPS) is 17.5. The summed E-state index contributed by atoms with van der Waals surface area (Å²) in [6.07, 6.45) is 3.36. The number of fused-ring (bicyclic) bond motifs is 1. The fourth-order valence-corrected chi connectivity index (χ4v) is 4.69. The molecule has 1 N–H and O–H groups in total. The second-order valence-corrected chi connectivity index (χ2v) is 9.29. The van der Waals surface area contributed by atoms with E-state index in [-0.39, 0.29) is 11.2 Å². The van der Waals surface area contributed by atoms with Crippen LogP contribution in [0.2, 0.25) is 0 Å². The number of nitrogens with one attached hydrogen (secondary N) is 1. The van der Waals surface area contributed by atoms with Crippen LogP contribution in [0.15, 0.2) is 48.5 Å². The number of sulfonamides is 1. The van der Waals surface area contributed by atoms with Gasteiger partial charge in [0, 0.05) is 12.0 Å². The van der Waals surface area contributed by atoms with Gasteiger partial charge in [0.1, 0.15) is 13.2 Å². The van der Waals surface area contributed by atoms with Gasteiger partial charge in [-0.15, -0.1) is 0 Å². The van der Waals surface area contributed by atoms with E-state index < -0.39 is 10.0 Å². The minimum Gasteiger partial charge on any atom is -0.486 e. The Morgan fingerprint density at radius 2 is 1.70 bits per heavy atom. The van der Waals surface area contributed by atoms with Crippen molar-refractivity contribution in [3.8, 4) is 11.5 Å². The van der Waals surface area contributed by atoms with Crippen LogP contribution in [0.5, 0.6) is 11.5 Å². The average Bonchev–Trinajstić information content (AvgIpc) is 3.48. The largest absolute Gasteiger partial charge is 0.486 e. The van der Waals surface area contributed by atoms with E-state index in [2.05, 4.69) is 4.72 Å². The third kappa shape index (κ3) is 4.45. The summed E-state index contributed by atoms with van der Waals surface area (Å²) >= 11 is 0. The molecule has 2 aromatic rings. The van der Waals surface area contributed by atoms with E-state index in [0.29, 0.717) is 26.2 Å². The second kappa shape index (κ2) is 7.52. The van der Waals surface area contributed by atoms with Gasteiger partial charge < -0.3 is 9.47 Å². The molecule has 1 saturated carbocycles. The number of aryl methyl sites for hydroxylation is 1. The summed E-state index contributed by atoms with van der Waals surface area (Å²) in [5, 5.41) is 0. The number of rotatable bonds is 8. The number of hydrogen-bond donors (Lipinski definition) is 1. The number of benzene rings is 2. The van der Waals surface area contributed by atoms with Crippen molar-refractivity contribution in [3.05, 3.63) is 59.7 Å². The molecule has 0 aromatic heterocycles. The number of hydrogen-bond acceptors (Lipinski definition) is 4. The van der Waals surface area contributed by atoms with Crippen LogP contribution in [0.1, 0.15) is 30.4 Å². The minimum absolute atomic E-state index is 0.109. The summed E-state index contributed by atoms with van der Waals surface area (Å²) in [4.78, 5) is 0. The lowest BCUT2D eigenvalue weighted by atomic mass is 9.96. The van der Waals surface area contributed by atoms with E-state index in [9.17, 15) is 8.42 Å². The first kappa shape index (κ1) is 18.3. The van der Waals surface area contributed by atoms with Crippen molar-refractivity contribution in [2.45, 2.75) is 31.1 Å². The lowest BCUT2D eigenvalue weighted by Crippen LogP contribution is -2.34. The summed E-state index contributed by atoms with van der Waals surface area (Å²) in [6.45, 7) is 1.57. The monoisotopic (exact) mass is 387 g/mol. The Balaban J connectivity index is 1.33. The molecule has 6 heteroatoms. The van der Waals surface area contributed by atoms with Gasteiger partial charge in [-0.25, -0.2) is 13.1 Å². The lowest BCUT2D eigenvalue weighted by Gasteiger charge is -2.22. The highest BCUT2D eigenvalue weighted by Crippen LogP contribution is 2.49. The zero-order valence-electron chi connectivity index (χ0n) is 15.3. The van der Waals surface area contributed by atoms with E-state index in [1.54, 1.807) is 0 Å². The van der Waals surface area contributed by atoms with Crippen LogP contribution < -0.4 is 14.2 Å². The zero-order valence-corrected chi connectivity index (χ0v) is 16.1. The summed E-state index contributed by atoms with van der Waals surface area (Å²) < 4.78 is 38.9. The molecule has 144 valence electrons. The third-order valence-electron chi connectivity index (χ3n) is 5.36. The van der Waals surface area contributed by atoms with E-state index in [4.69, 9.17) is 9.47 Å². The van der Waals surface area contributed by atoms with Crippen molar-refractivity contribution in [3.63, 3.8) is 0 Å². The van der Waals surface area contributed by atoms with Crippen molar-refractivity contribution in [1.82, 2.24) is 4.72 Å². The zero-order chi connectivity index (χ0) is 18.7. The molecule has 0 spiro atoms. The lowest BCUT2D eigenvalue weighted by molar-refractivity contribution is 0.171. The van der Waals surface area contributed by atoms with Gasteiger partial charge in [-0.2, -0.15) is 0 Å². The van der Waals surface area contributed by atoms with Crippen molar-refractivity contribution in [2.24, 2.45) is 0 Å². The van der Waals surface area contributed by atoms with Crippen LogP contribution in [-0.2, 0) is 21.9 Å². The highest BCUT2D eigenvalue weighted by molar-refractivity contribution is 7.89. The van der Waals surface area contributed by atoms with Gasteiger partial charge in [-0.3, -0.25) is 0 Å². The van der Waals surface area contributed by atoms with Crippen molar-refractivity contribution in [1.29, 1.82) is 0 Å². The molecule has 1 aliphatic heterocycles. The van der Waals surface area contributed by atoms with Crippen LogP contribution in [0.25, 0.3) is 0 Å². The maximum atomic E-state index is 12.4. The van der Waals surface area contributed by atoms with Crippen LogP contribution in [0, 0.1) is 0 Å². The van der Waals surface area contributed by atoms with E-state index in [1.807, 2.05) is 48.5 Å². The predicted molar refractivity (Wildman–Crippen MR) is 105 cm³/mol. The molecule has 0 unspecified atom stereocenters. The quantitative estimate of drug-likeness (QED) is 0.756. The van der Waals surface area contributed by atoms with Gasteiger partial charge in [0.05, 0.1) is 5.75 Å². The third-order valence-corrected chi connectivity index (χ3v) is 6.77. The van der Waals surface area contributed by atoms with Gasteiger partial charge in [0.25, 0.3) is 0 Å². The topological polar surface area (TPSA) is 64.6 Å². The molecule has 0 radical (unpaired) electrons. The Kier molecular flexibility index (Phi) is 5.10. The molecule has 27 heavy (non-hydrogen) atoms. The Labute approximate surface area is 160 Å². The molecule has 4 rings (SSSR count). The van der Waals surface area contributed by atoms with Crippen LogP contribution in [0.3, 0.4) is 0 Å². The molecule has 2 aliphatic rings. The molecule has 0 bridgehead atoms. The highest BCUT2D eigenvalue weighted by Gasteiger charge is 2.45. The molecule has 2 aromatic carbocycles. The van der Waals surface area contributed by atoms with Crippen LogP contribution in [0.4, 0.5) is 0 Å². The molecule has 0 saturated heterocycles.